The molecule has 0 radical (unpaired) electrons. The van der Waals surface area contributed by atoms with Crippen LogP contribution >= 0.6 is 0 Å². The van der Waals surface area contributed by atoms with Crippen LogP contribution in [0.25, 0.3) is 0 Å². The van der Waals surface area contributed by atoms with Gasteiger partial charge in [-0.25, -0.2) is 17.5 Å². The zero-order valence-electron chi connectivity index (χ0n) is 10.4. The normalized spacial score (nSPS) is 11.1. The first kappa shape index (κ1) is 15.3. The summed E-state index contributed by atoms with van der Waals surface area (Å²) in [6.07, 6.45) is 1.34. The van der Waals surface area contributed by atoms with Gasteiger partial charge >= 0.3 is 0 Å². The van der Waals surface area contributed by atoms with Crippen molar-refractivity contribution in [2.24, 2.45) is 0 Å². The minimum atomic E-state index is -4.00. The highest BCUT2D eigenvalue weighted by Crippen LogP contribution is 2.16. The summed E-state index contributed by atoms with van der Waals surface area (Å²) in [5, 5.41) is 2.51. The number of rotatable bonds is 6. The van der Waals surface area contributed by atoms with E-state index < -0.39 is 26.6 Å². The predicted molar refractivity (Wildman–Crippen MR) is 69.8 cm³/mol. The van der Waals surface area contributed by atoms with Crippen molar-refractivity contribution in [2.45, 2.75) is 11.8 Å². The lowest BCUT2D eigenvalue weighted by Crippen LogP contribution is -2.26. The van der Waals surface area contributed by atoms with E-state index in [1.54, 1.807) is 6.92 Å². The molecule has 104 valence electrons. The Morgan fingerprint density at radius 2 is 2.16 bits per heavy atom. The second-order valence-corrected chi connectivity index (χ2v) is 5.38. The number of benzene rings is 1. The van der Waals surface area contributed by atoms with Crippen molar-refractivity contribution in [1.29, 1.82) is 0 Å². The molecule has 0 heterocycles. The zero-order chi connectivity index (χ0) is 14.5. The molecule has 0 aliphatic carbocycles. The molecule has 0 fully saturated rings. The van der Waals surface area contributed by atoms with Crippen molar-refractivity contribution in [3.63, 3.8) is 0 Å². The van der Waals surface area contributed by atoms with E-state index in [9.17, 15) is 17.6 Å². The minimum absolute atomic E-state index is 0.0207. The molecule has 5 nitrogen and oxygen atoms in total. The van der Waals surface area contributed by atoms with Crippen molar-refractivity contribution in [1.82, 2.24) is 10.0 Å². The summed E-state index contributed by atoms with van der Waals surface area (Å²) in [5.41, 5.74) is 0.0854. The molecule has 0 aliphatic rings. The zero-order valence-corrected chi connectivity index (χ0v) is 11.3. The Morgan fingerprint density at radius 1 is 1.47 bits per heavy atom. The van der Waals surface area contributed by atoms with E-state index in [-0.39, 0.29) is 12.1 Å². The average molecular weight is 286 g/mol. The van der Waals surface area contributed by atoms with Gasteiger partial charge in [0.2, 0.25) is 10.0 Å². The van der Waals surface area contributed by atoms with E-state index in [0.29, 0.717) is 6.54 Å². The maximum Gasteiger partial charge on any atom is 0.251 e. The first-order valence-corrected chi connectivity index (χ1v) is 7.09. The highest BCUT2D eigenvalue weighted by atomic mass is 32.2. The van der Waals surface area contributed by atoms with Crippen LogP contribution in [0, 0.1) is 5.82 Å². The van der Waals surface area contributed by atoms with Gasteiger partial charge in [0.25, 0.3) is 5.91 Å². The fraction of sp³-hybridized carbons (Fsp3) is 0.250. The summed E-state index contributed by atoms with van der Waals surface area (Å²) in [4.78, 5) is 11.0. The molecular formula is C12H15FN2O3S. The number of nitrogens with one attached hydrogen (secondary N) is 2. The summed E-state index contributed by atoms with van der Waals surface area (Å²) in [6.45, 7) is 5.47. The van der Waals surface area contributed by atoms with Gasteiger partial charge in [0.15, 0.2) is 0 Å². The smallest absolute Gasteiger partial charge is 0.251 e. The van der Waals surface area contributed by atoms with Gasteiger partial charge in [0.1, 0.15) is 10.7 Å². The second kappa shape index (κ2) is 6.44. The highest BCUT2D eigenvalue weighted by molar-refractivity contribution is 7.89. The topological polar surface area (TPSA) is 75.3 Å². The lowest BCUT2D eigenvalue weighted by atomic mass is 10.2. The van der Waals surface area contributed by atoms with Crippen LogP contribution in [-0.2, 0) is 10.0 Å². The molecular weight excluding hydrogens is 271 g/mol. The van der Waals surface area contributed by atoms with Crippen LogP contribution < -0.4 is 10.0 Å². The van der Waals surface area contributed by atoms with E-state index in [0.717, 1.165) is 12.1 Å². The molecule has 1 aromatic rings. The molecule has 2 N–H and O–H groups in total. The summed E-state index contributed by atoms with van der Waals surface area (Å²) in [7, 11) is -4.00. The van der Waals surface area contributed by atoms with E-state index in [1.165, 1.54) is 12.1 Å². The number of amides is 1. The van der Waals surface area contributed by atoms with Gasteiger partial charge in [0, 0.05) is 18.7 Å². The van der Waals surface area contributed by atoms with E-state index in [1.807, 2.05) is 0 Å². The van der Waals surface area contributed by atoms with Crippen molar-refractivity contribution < 1.29 is 17.6 Å². The maximum absolute atomic E-state index is 13.6. The lowest BCUT2D eigenvalue weighted by molar-refractivity contribution is 0.0955. The van der Waals surface area contributed by atoms with E-state index >= 15 is 0 Å². The first-order chi connectivity index (χ1) is 8.92. The van der Waals surface area contributed by atoms with Crippen molar-refractivity contribution in [3.8, 4) is 0 Å². The second-order valence-electron chi connectivity index (χ2n) is 3.65. The Hall–Kier alpha value is -1.73. The van der Waals surface area contributed by atoms with Gasteiger partial charge in [-0.3, -0.25) is 4.79 Å². The maximum atomic E-state index is 13.6. The molecule has 0 unspecified atom stereocenters. The third kappa shape index (κ3) is 3.87. The van der Waals surface area contributed by atoms with Crippen molar-refractivity contribution in [2.75, 3.05) is 13.1 Å². The SMILES string of the molecule is C=CCNS(=O)(=O)c1cc(C(=O)NCC)ccc1F. The van der Waals surface area contributed by atoms with E-state index in [2.05, 4.69) is 16.6 Å². The van der Waals surface area contributed by atoms with Gasteiger partial charge in [-0.05, 0) is 25.1 Å². The van der Waals surface area contributed by atoms with Crippen LogP contribution in [0.1, 0.15) is 17.3 Å². The van der Waals surface area contributed by atoms with Gasteiger partial charge in [-0.15, -0.1) is 6.58 Å². The molecule has 0 atom stereocenters. The first-order valence-electron chi connectivity index (χ1n) is 5.60. The molecule has 0 spiro atoms. The molecule has 0 saturated heterocycles. The lowest BCUT2D eigenvalue weighted by Gasteiger charge is -2.08. The summed E-state index contributed by atoms with van der Waals surface area (Å²) in [5.74, 6) is -1.37. The number of halogens is 1. The number of carbonyl (C=O) groups is 1. The summed E-state index contributed by atoms with van der Waals surface area (Å²) >= 11 is 0. The predicted octanol–water partition coefficient (Wildman–Crippen LogP) is 1.04. The summed E-state index contributed by atoms with van der Waals surface area (Å²) < 4.78 is 39.3. The minimum Gasteiger partial charge on any atom is -0.352 e. The molecule has 0 aromatic heterocycles. The Balaban J connectivity index is 3.17. The number of hydrogen-bond donors (Lipinski definition) is 2. The molecule has 0 aliphatic heterocycles. The third-order valence-electron chi connectivity index (χ3n) is 2.24. The van der Waals surface area contributed by atoms with Crippen molar-refractivity contribution in [3.05, 3.63) is 42.2 Å². The molecule has 0 bridgehead atoms. The van der Waals surface area contributed by atoms with Gasteiger partial charge in [-0.1, -0.05) is 6.08 Å². The summed E-state index contributed by atoms with van der Waals surface area (Å²) in [6, 6.07) is 3.19. The molecule has 19 heavy (non-hydrogen) atoms. The Morgan fingerprint density at radius 3 is 2.74 bits per heavy atom. The van der Waals surface area contributed by atoms with Crippen LogP contribution in [-0.4, -0.2) is 27.4 Å². The average Bonchev–Trinajstić information content (AvgIpc) is 2.37. The van der Waals surface area contributed by atoms with Crippen molar-refractivity contribution >= 4 is 15.9 Å². The van der Waals surface area contributed by atoms with Crippen LogP contribution in [0.5, 0.6) is 0 Å². The Bertz CT molecular complexity index is 585. The van der Waals surface area contributed by atoms with Crippen LogP contribution in [0.2, 0.25) is 0 Å². The monoisotopic (exact) mass is 286 g/mol. The number of sulfonamides is 1. The van der Waals surface area contributed by atoms with E-state index in [4.69, 9.17) is 0 Å². The van der Waals surface area contributed by atoms with Crippen LogP contribution in [0.3, 0.4) is 0 Å². The van der Waals surface area contributed by atoms with Gasteiger partial charge in [0.05, 0.1) is 0 Å². The molecule has 7 heteroatoms. The Kier molecular flexibility index (Phi) is 5.20. The highest BCUT2D eigenvalue weighted by Gasteiger charge is 2.20. The van der Waals surface area contributed by atoms with Crippen LogP contribution in [0.15, 0.2) is 35.7 Å². The Labute approximate surface area is 111 Å². The number of carbonyl (C=O) groups excluding carboxylic acids is 1. The fourth-order valence-electron chi connectivity index (χ4n) is 1.36. The van der Waals surface area contributed by atoms with Gasteiger partial charge in [-0.2, -0.15) is 0 Å². The quantitative estimate of drug-likeness (QED) is 0.767. The third-order valence-corrected chi connectivity index (χ3v) is 3.68. The fourth-order valence-corrected chi connectivity index (χ4v) is 2.46. The standard InChI is InChI=1S/C12H15FN2O3S/c1-3-7-15-19(17,18)11-8-9(5-6-10(11)13)12(16)14-4-2/h3,5-6,8,15H,1,4,7H2,2H3,(H,14,16). The largest absolute Gasteiger partial charge is 0.352 e. The van der Waals surface area contributed by atoms with Crippen LogP contribution in [0.4, 0.5) is 4.39 Å². The molecule has 1 amide bonds. The molecule has 1 aromatic carbocycles. The number of hydrogen-bond acceptors (Lipinski definition) is 3. The molecule has 1 rings (SSSR count). The van der Waals surface area contributed by atoms with Gasteiger partial charge < -0.3 is 5.32 Å². The molecule has 0 saturated carbocycles.